The lowest BCUT2D eigenvalue weighted by molar-refractivity contribution is -0.135. The van der Waals surface area contributed by atoms with E-state index in [-0.39, 0.29) is 54.6 Å². The lowest BCUT2D eigenvalue weighted by atomic mass is 10.1. The molecule has 0 aliphatic carbocycles. The van der Waals surface area contributed by atoms with Crippen molar-refractivity contribution in [3.8, 4) is 34.5 Å². The number of benzene rings is 4. The van der Waals surface area contributed by atoms with Crippen LogP contribution in [0, 0.1) is 0 Å². The molecule has 12 heteroatoms. The first-order valence-electron chi connectivity index (χ1n) is 15.3. The molecule has 0 spiro atoms. The number of phenols is 1. The van der Waals surface area contributed by atoms with E-state index in [0.29, 0.717) is 29.6 Å². The molecule has 1 saturated heterocycles. The first kappa shape index (κ1) is 36.9. The first-order valence-corrected chi connectivity index (χ1v) is 15.7. The quantitative estimate of drug-likeness (QED) is 0.146. The summed E-state index contributed by atoms with van der Waals surface area (Å²) in [5, 5.41) is 10.6. The van der Waals surface area contributed by atoms with Crippen LogP contribution in [0.1, 0.15) is 21.5 Å². The van der Waals surface area contributed by atoms with Crippen molar-refractivity contribution >= 4 is 41.8 Å². The van der Waals surface area contributed by atoms with Crippen molar-refractivity contribution < 1.29 is 38.4 Å². The highest BCUT2D eigenvalue weighted by Crippen LogP contribution is 2.34. The maximum atomic E-state index is 12.4. The Labute approximate surface area is 296 Å². The molecular formula is C37H38Cl2N2O8. The fraction of sp³-hybridized carbons (Fsp3) is 0.243. The van der Waals surface area contributed by atoms with Gasteiger partial charge >= 0.3 is 0 Å². The number of rotatable bonds is 10. The summed E-state index contributed by atoms with van der Waals surface area (Å²) >= 11 is 5.85. The number of amides is 1. The van der Waals surface area contributed by atoms with E-state index in [4.69, 9.17) is 35.3 Å². The number of nitrogens with zero attached hydrogens (tertiary/aromatic N) is 2. The van der Waals surface area contributed by atoms with Gasteiger partial charge in [-0.3, -0.25) is 14.5 Å². The van der Waals surface area contributed by atoms with Crippen molar-refractivity contribution in [1.82, 2.24) is 9.80 Å². The Kier molecular flexibility index (Phi) is 13.6. The fourth-order valence-corrected chi connectivity index (χ4v) is 5.27. The predicted molar refractivity (Wildman–Crippen MR) is 190 cm³/mol. The van der Waals surface area contributed by atoms with Gasteiger partial charge in [-0.25, -0.2) is 0 Å². The van der Waals surface area contributed by atoms with Gasteiger partial charge in [-0.2, -0.15) is 0 Å². The standard InChI is InChI=1S/C20H21ClN2O4.C17H16O4.ClH/c21-16-2-4-17(5-3-16)25-13-20(24)23-9-7-22(8-10-23)12-15-1-6-18-19(11-15)27-14-26-18;1-20-13-10-15(19)17(16(11-13)21-2)14(18)9-8-12-6-4-3-5-7-12;/h1-6,11H,7-10,12-14H2;3-11,19H,1-2H3;1H. The summed E-state index contributed by atoms with van der Waals surface area (Å²) < 4.78 is 26.5. The van der Waals surface area contributed by atoms with Crippen LogP contribution in [0.5, 0.6) is 34.5 Å². The van der Waals surface area contributed by atoms with Gasteiger partial charge in [0.05, 0.1) is 14.2 Å². The molecule has 49 heavy (non-hydrogen) atoms. The Bertz CT molecular complexity index is 1730. The van der Waals surface area contributed by atoms with Crippen molar-refractivity contribution in [3.63, 3.8) is 0 Å². The molecule has 0 bridgehead atoms. The number of fused-ring (bicyclic) bond motifs is 1. The molecule has 10 nitrogen and oxygen atoms in total. The van der Waals surface area contributed by atoms with Crippen LogP contribution in [0.25, 0.3) is 6.08 Å². The zero-order chi connectivity index (χ0) is 33.9. The predicted octanol–water partition coefficient (Wildman–Crippen LogP) is 6.52. The third-order valence-electron chi connectivity index (χ3n) is 7.73. The molecule has 0 radical (unpaired) electrons. The highest BCUT2D eigenvalue weighted by Gasteiger charge is 2.22. The van der Waals surface area contributed by atoms with Gasteiger partial charge < -0.3 is 33.7 Å². The number of carbonyl (C=O) groups excluding carboxylic acids is 2. The van der Waals surface area contributed by atoms with Crippen molar-refractivity contribution in [2.75, 3.05) is 53.8 Å². The van der Waals surface area contributed by atoms with Gasteiger partial charge in [0.15, 0.2) is 23.9 Å². The minimum absolute atomic E-state index is 0. The number of methoxy groups -OCH3 is 2. The second kappa shape index (κ2) is 18.0. The van der Waals surface area contributed by atoms with Gasteiger partial charge in [-0.1, -0.05) is 54.1 Å². The topological polar surface area (TPSA) is 107 Å². The molecule has 0 atom stereocenters. The molecule has 1 amide bonds. The number of phenolic OH excluding ortho intramolecular Hbond substituents is 1. The van der Waals surface area contributed by atoms with Crippen molar-refractivity contribution in [2.24, 2.45) is 0 Å². The molecule has 258 valence electrons. The molecule has 1 fully saturated rings. The molecule has 2 aliphatic heterocycles. The summed E-state index contributed by atoms with van der Waals surface area (Å²) in [6.45, 7) is 4.24. The number of halogens is 2. The zero-order valence-electron chi connectivity index (χ0n) is 27.2. The van der Waals surface area contributed by atoms with Crippen LogP contribution < -0.4 is 23.7 Å². The first-order chi connectivity index (χ1) is 23.3. The van der Waals surface area contributed by atoms with E-state index in [1.54, 1.807) is 36.4 Å². The van der Waals surface area contributed by atoms with E-state index in [1.807, 2.05) is 47.4 Å². The summed E-state index contributed by atoms with van der Waals surface area (Å²) in [5.74, 6) is 2.45. The van der Waals surface area contributed by atoms with Crippen molar-refractivity contribution in [3.05, 3.63) is 113 Å². The number of hydrogen-bond acceptors (Lipinski definition) is 9. The number of aromatic hydroxyl groups is 1. The van der Waals surface area contributed by atoms with E-state index < -0.39 is 0 Å². The molecule has 2 aliphatic rings. The van der Waals surface area contributed by atoms with Crippen molar-refractivity contribution in [1.29, 1.82) is 0 Å². The average Bonchev–Trinajstić information content (AvgIpc) is 3.59. The Morgan fingerprint density at radius 3 is 2.27 bits per heavy atom. The average molecular weight is 710 g/mol. The summed E-state index contributed by atoms with van der Waals surface area (Å²) in [6.07, 6.45) is 3.09. The van der Waals surface area contributed by atoms with Crippen LogP contribution in [0.2, 0.25) is 5.02 Å². The van der Waals surface area contributed by atoms with Gasteiger partial charge in [-0.15, -0.1) is 12.4 Å². The molecule has 0 saturated carbocycles. The van der Waals surface area contributed by atoms with Gasteiger partial charge in [0, 0.05) is 49.9 Å². The molecule has 4 aromatic carbocycles. The molecule has 6 rings (SSSR count). The van der Waals surface area contributed by atoms with Crippen LogP contribution in [-0.2, 0) is 11.3 Å². The lowest BCUT2D eigenvalue weighted by Gasteiger charge is -2.34. The van der Waals surface area contributed by atoms with E-state index in [9.17, 15) is 14.7 Å². The van der Waals surface area contributed by atoms with E-state index in [0.717, 1.165) is 36.7 Å². The second-order valence-corrected chi connectivity index (χ2v) is 11.4. The summed E-state index contributed by atoms with van der Waals surface area (Å²) in [5.41, 5.74) is 2.20. The highest BCUT2D eigenvalue weighted by atomic mass is 35.5. The number of ether oxygens (including phenoxy) is 5. The Hall–Kier alpha value is -4.90. The molecule has 2 heterocycles. The third kappa shape index (κ3) is 10.3. The Morgan fingerprint density at radius 1 is 0.857 bits per heavy atom. The zero-order valence-corrected chi connectivity index (χ0v) is 28.7. The molecule has 0 unspecified atom stereocenters. The SMILES string of the molecule is COc1cc(O)c(C(=O)C=Cc2ccccc2)c(OC)c1.Cl.O=C(COc1ccc(Cl)cc1)N1CCN(Cc2ccc3c(c2)OCO3)CC1. The molecular weight excluding hydrogens is 671 g/mol. The highest BCUT2D eigenvalue weighted by molar-refractivity contribution is 6.30. The molecule has 0 aromatic heterocycles. The number of allylic oxidation sites excluding steroid dienone is 1. The maximum Gasteiger partial charge on any atom is 0.260 e. The van der Waals surface area contributed by atoms with Crippen LogP contribution in [0.4, 0.5) is 0 Å². The Morgan fingerprint density at radius 2 is 1.57 bits per heavy atom. The summed E-state index contributed by atoms with van der Waals surface area (Å²) in [4.78, 5) is 28.8. The summed E-state index contributed by atoms with van der Waals surface area (Å²) in [7, 11) is 2.91. The van der Waals surface area contributed by atoms with Gasteiger partial charge in [0.2, 0.25) is 6.79 Å². The number of hydrogen-bond donors (Lipinski definition) is 1. The van der Waals surface area contributed by atoms with Gasteiger partial charge in [0.1, 0.15) is 28.6 Å². The monoisotopic (exact) mass is 708 g/mol. The Balaban J connectivity index is 0.000000224. The van der Waals surface area contributed by atoms with Crippen LogP contribution >= 0.6 is 24.0 Å². The normalized spacial score (nSPS) is 13.6. The van der Waals surface area contributed by atoms with Crippen molar-refractivity contribution in [2.45, 2.75) is 6.54 Å². The smallest absolute Gasteiger partial charge is 0.260 e. The minimum Gasteiger partial charge on any atom is -0.507 e. The van der Waals surface area contributed by atoms with E-state index in [1.165, 1.54) is 31.9 Å². The number of piperazine rings is 1. The molecule has 1 N–H and O–H groups in total. The van der Waals surface area contributed by atoms with E-state index in [2.05, 4.69) is 11.0 Å². The fourth-order valence-electron chi connectivity index (χ4n) is 5.14. The maximum absolute atomic E-state index is 12.4. The largest absolute Gasteiger partial charge is 0.507 e. The van der Waals surface area contributed by atoms with Crippen LogP contribution in [0.15, 0.2) is 91.0 Å². The third-order valence-corrected chi connectivity index (χ3v) is 7.98. The second-order valence-electron chi connectivity index (χ2n) is 10.9. The minimum atomic E-state index is -0.337. The molecule has 4 aromatic rings. The van der Waals surface area contributed by atoms with Gasteiger partial charge in [0.25, 0.3) is 5.91 Å². The summed E-state index contributed by atoms with van der Waals surface area (Å²) in [6, 6.07) is 25.4. The number of carbonyl (C=O) groups is 2. The number of ketones is 1. The van der Waals surface area contributed by atoms with Gasteiger partial charge in [-0.05, 0) is 53.6 Å². The van der Waals surface area contributed by atoms with Crippen LogP contribution in [0.3, 0.4) is 0 Å². The lowest BCUT2D eigenvalue weighted by Crippen LogP contribution is -2.49. The van der Waals surface area contributed by atoms with Crippen LogP contribution in [-0.4, -0.2) is 80.4 Å². The van der Waals surface area contributed by atoms with E-state index >= 15 is 0 Å².